The maximum absolute atomic E-state index is 14.3. The van der Waals surface area contributed by atoms with Crippen LogP contribution in [0.4, 0.5) is 8.78 Å². The topological polar surface area (TPSA) is 113 Å². The number of carboxylic acid groups (broad SMARTS) is 1. The molecule has 0 unspecified atom stereocenters. The molecule has 0 amide bonds. The molecule has 1 aromatic carbocycles. The van der Waals surface area contributed by atoms with E-state index in [4.69, 9.17) is 9.72 Å². The van der Waals surface area contributed by atoms with Gasteiger partial charge in [0.05, 0.1) is 23.8 Å². The molecule has 1 fully saturated rings. The average Bonchev–Trinajstić information content (AvgIpc) is 3.33. The van der Waals surface area contributed by atoms with E-state index >= 15 is 0 Å². The van der Waals surface area contributed by atoms with Crippen molar-refractivity contribution < 1.29 is 28.5 Å². The largest absolute Gasteiger partial charge is 0.479 e. The second kappa shape index (κ2) is 7.57. The normalized spacial score (nSPS) is 20.7. The van der Waals surface area contributed by atoms with Crippen molar-refractivity contribution in [1.82, 2.24) is 19.7 Å². The Morgan fingerprint density at radius 1 is 1.29 bits per heavy atom. The van der Waals surface area contributed by atoms with Crippen LogP contribution in [0.25, 0.3) is 27.8 Å². The summed E-state index contributed by atoms with van der Waals surface area (Å²) in [5.74, 6) is -3.53. The smallest absolute Gasteiger partial charge is 0.335 e. The maximum atomic E-state index is 14.3. The summed E-state index contributed by atoms with van der Waals surface area (Å²) in [6.45, 7) is 4.22. The minimum atomic E-state index is -1.82. The van der Waals surface area contributed by atoms with E-state index in [1.807, 2.05) is 24.5 Å². The van der Waals surface area contributed by atoms with Crippen molar-refractivity contribution >= 4 is 28.0 Å². The number of aromatic nitrogens is 4. The van der Waals surface area contributed by atoms with Crippen LogP contribution >= 0.6 is 0 Å². The second-order valence-electron chi connectivity index (χ2n) is 9.62. The van der Waals surface area contributed by atoms with E-state index in [9.17, 15) is 23.8 Å². The number of carbonyl (C=O) groups is 1. The van der Waals surface area contributed by atoms with Crippen molar-refractivity contribution in [3.05, 3.63) is 53.4 Å². The Kier molecular flexibility index (Phi) is 4.99. The number of aliphatic hydroxyl groups is 1. The van der Waals surface area contributed by atoms with E-state index in [2.05, 4.69) is 10.2 Å². The van der Waals surface area contributed by atoms with E-state index in [-0.39, 0.29) is 18.8 Å². The molecular formula is C24H24F2N4O4. The number of rotatable bonds is 6. The number of carboxylic acids is 1. The summed E-state index contributed by atoms with van der Waals surface area (Å²) in [5.41, 5.74) is 1.20. The average molecular weight is 470 g/mol. The molecule has 1 saturated carbocycles. The van der Waals surface area contributed by atoms with Crippen LogP contribution in [0, 0.1) is 11.6 Å². The van der Waals surface area contributed by atoms with Gasteiger partial charge < -0.3 is 19.5 Å². The van der Waals surface area contributed by atoms with Gasteiger partial charge in [-0.2, -0.15) is 5.10 Å². The third-order valence-electron chi connectivity index (χ3n) is 6.66. The van der Waals surface area contributed by atoms with E-state index in [0.29, 0.717) is 29.0 Å². The summed E-state index contributed by atoms with van der Waals surface area (Å²) in [7, 11) is 1.58. The first-order valence-electron chi connectivity index (χ1n) is 10.8. The predicted molar refractivity (Wildman–Crippen MR) is 120 cm³/mol. The van der Waals surface area contributed by atoms with E-state index in [1.165, 1.54) is 6.07 Å². The molecular weight excluding hydrogens is 446 g/mol. The quantitative estimate of drug-likeness (QED) is 0.395. The molecule has 178 valence electrons. The Balaban J connectivity index is 1.86. The van der Waals surface area contributed by atoms with E-state index in [1.54, 1.807) is 13.3 Å². The van der Waals surface area contributed by atoms with Crippen LogP contribution in [0.15, 0.2) is 30.5 Å². The molecule has 10 heteroatoms. The number of halogens is 2. The number of hydrogen-bond donors (Lipinski definition) is 3. The number of aliphatic carboxylic acids is 1. The molecule has 0 saturated heterocycles. The van der Waals surface area contributed by atoms with Crippen LogP contribution in [-0.4, -0.2) is 55.2 Å². The highest BCUT2D eigenvalue weighted by molar-refractivity contribution is 5.94. The minimum absolute atomic E-state index is 0.0119. The van der Waals surface area contributed by atoms with Gasteiger partial charge in [-0.1, -0.05) is 13.8 Å². The molecule has 1 aliphatic carbocycles. The molecule has 0 radical (unpaired) electrons. The summed E-state index contributed by atoms with van der Waals surface area (Å²) in [4.78, 5) is 16.4. The highest BCUT2D eigenvalue weighted by Crippen LogP contribution is 2.51. The highest BCUT2D eigenvalue weighted by Gasteiger charge is 2.52. The first-order chi connectivity index (χ1) is 16.1. The van der Waals surface area contributed by atoms with Gasteiger partial charge in [0.25, 0.3) is 0 Å². The lowest BCUT2D eigenvalue weighted by Crippen LogP contribution is -2.49. The predicted octanol–water partition coefficient (Wildman–Crippen LogP) is 3.80. The number of ether oxygens (including phenoxy) is 1. The minimum Gasteiger partial charge on any atom is -0.479 e. The number of pyridine rings is 1. The SMILES string of the molecule is COCC(C)(C)c1c(C2CC(O)(C(=O)O)C2)c2nc3[nH]ncc3cc2n1-c1ccc(F)c(F)c1. The Labute approximate surface area is 193 Å². The van der Waals surface area contributed by atoms with Gasteiger partial charge in [0, 0.05) is 40.9 Å². The first-order valence-corrected chi connectivity index (χ1v) is 10.8. The third-order valence-corrected chi connectivity index (χ3v) is 6.66. The Hall–Kier alpha value is -3.37. The zero-order chi connectivity index (χ0) is 24.4. The molecule has 4 aromatic rings. The lowest BCUT2D eigenvalue weighted by molar-refractivity contribution is -0.169. The molecule has 0 bridgehead atoms. The number of fused-ring (bicyclic) bond motifs is 2. The number of methoxy groups -OCH3 is 1. The van der Waals surface area contributed by atoms with Gasteiger partial charge in [0.2, 0.25) is 0 Å². The van der Waals surface area contributed by atoms with Gasteiger partial charge in [-0.05, 0) is 37.0 Å². The van der Waals surface area contributed by atoms with Gasteiger partial charge in [-0.25, -0.2) is 18.6 Å². The van der Waals surface area contributed by atoms with Crippen LogP contribution in [-0.2, 0) is 14.9 Å². The summed E-state index contributed by atoms with van der Waals surface area (Å²) in [5, 5.41) is 27.5. The van der Waals surface area contributed by atoms with Crippen LogP contribution in [0.3, 0.4) is 0 Å². The standard InChI is InChI=1S/C24H24F2N4O4/c1-23(2,11-34-3)20-18(13-8-24(33,9-13)22(31)32)19-17(6-12-10-27-29-21(12)28-19)30(20)14-4-5-15(25)16(26)7-14/h4-7,10,13,33H,8-9,11H2,1-3H3,(H,31,32)(H,27,28,29). The van der Waals surface area contributed by atoms with Gasteiger partial charge in [0.15, 0.2) is 22.9 Å². The van der Waals surface area contributed by atoms with Gasteiger partial charge in [0.1, 0.15) is 0 Å². The Morgan fingerprint density at radius 3 is 2.68 bits per heavy atom. The first kappa shape index (κ1) is 22.4. The summed E-state index contributed by atoms with van der Waals surface area (Å²) < 4.78 is 35.4. The lowest BCUT2D eigenvalue weighted by atomic mass is 9.66. The number of benzene rings is 1. The fourth-order valence-corrected chi connectivity index (χ4v) is 5.10. The molecule has 34 heavy (non-hydrogen) atoms. The number of nitrogens with one attached hydrogen (secondary N) is 1. The maximum Gasteiger partial charge on any atom is 0.335 e. The summed E-state index contributed by atoms with van der Waals surface area (Å²) in [6.07, 6.45) is 1.65. The summed E-state index contributed by atoms with van der Waals surface area (Å²) >= 11 is 0. The highest BCUT2D eigenvalue weighted by atomic mass is 19.2. The Morgan fingerprint density at radius 2 is 2.03 bits per heavy atom. The van der Waals surface area contributed by atoms with Gasteiger partial charge >= 0.3 is 5.97 Å². The molecule has 8 nitrogen and oxygen atoms in total. The van der Waals surface area contributed by atoms with Gasteiger partial charge in [-0.15, -0.1) is 0 Å². The van der Waals surface area contributed by atoms with Crippen LogP contribution in [0.2, 0.25) is 0 Å². The molecule has 1 aliphatic rings. The fraction of sp³-hybridized carbons (Fsp3) is 0.375. The van der Waals surface area contributed by atoms with Crippen molar-refractivity contribution in [2.24, 2.45) is 0 Å². The zero-order valence-electron chi connectivity index (χ0n) is 18.9. The molecule has 5 rings (SSSR count). The molecule has 3 aromatic heterocycles. The van der Waals surface area contributed by atoms with Crippen LogP contribution in [0.5, 0.6) is 0 Å². The number of hydrogen-bond acceptors (Lipinski definition) is 5. The van der Waals surface area contributed by atoms with Crippen molar-refractivity contribution in [2.45, 2.75) is 43.6 Å². The number of nitrogens with zero attached hydrogens (tertiary/aromatic N) is 3. The lowest BCUT2D eigenvalue weighted by Gasteiger charge is -2.41. The molecule has 0 spiro atoms. The van der Waals surface area contributed by atoms with E-state index in [0.717, 1.165) is 28.8 Å². The van der Waals surface area contributed by atoms with Crippen molar-refractivity contribution in [1.29, 1.82) is 0 Å². The monoisotopic (exact) mass is 470 g/mol. The van der Waals surface area contributed by atoms with Crippen molar-refractivity contribution in [2.75, 3.05) is 13.7 Å². The second-order valence-corrected chi connectivity index (χ2v) is 9.62. The molecule has 0 aliphatic heterocycles. The summed E-state index contributed by atoms with van der Waals surface area (Å²) in [6, 6.07) is 5.54. The molecule has 3 heterocycles. The Bertz CT molecular complexity index is 1440. The van der Waals surface area contributed by atoms with Gasteiger partial charge in [-0.3, -0.25) is 5.10 Å². The molecule has 3 N–H and O–H groups in total. The van der Waals surface area contributed by atoms with Crippen LogP contribution < -0.4 is 0 Å². The third kappa shape index (κ3) is 3.28. The zero-order valence-corrected chi connectivity index (χ0v) is 18.9. The molecule has 0 atom stereocenters. The number of H-pyrrole nitrogens is 1. The van der Waals surface area contributed by atoms with Crippen molar-refractivity contribution in [3.8, 4) is 5.69 Å². The number of aromatic amines is 1. The van der Waals surface area contributed by atoms with Crippen molar-refractivity contribution in [3.63, 3.8) is 0 Å². The fourth-order valence-electron chi connectivity index (χ4n) is 5.10. The van der Waals surface area contributed by atoms with E-state index < -0.39 is 28.6 Å². The van der Waals surface area contributed by atoms with Crippen LogP contribution in [0.1, 0.15) is 43.9 Å².